The second-order valence-electron chi connectivity index (χ2n) is 17.3. The van der Waals surface area contributed by atoms with Crippen molar-refractivity contribution in [3.8, 4) is 0 Å². The number of carboxylic acids is 1. The number of hydrogen-bond acceptors (Lipinski definition) is 3. The second-order valence-corrected chi connectivity index (χ2v) is 17.3. The van der Waals surface area contributed by atoms with Crippen molar-refractivity contribution in [1.82, 2.24) is 4.90 Å². The summed E-state index contributed by atoms with van der Waals surface area (Å²) in [4.78, 5) is 28.5. The Hall–Kier alpha value is -1.32. The minimum Gasteiger partial charge on any atom is -0.550 e. The molecule has 0 unspecified atom stereocenters. The predicted octanol–water partition coefficient (Wildman–Crippen LogP) is 7.41. The molecule has 0 aromatic carbocycles. The molecular formula is C37H58NO3-. The Morgan fingerprint density at radius 1 is 0.805 bits per heavy atom. The van der Waals surface area contributed by atoms with Crippen LogP contribution in [0.15, 0.2) is 12.2 Å². The van der Waals surface area contributed by atoms with E-state index in [9.17, 15) is 14.7 Å². The SMILES string of the molecule is C=C(C)[C@@H]1CC[C@]2(C(=O)N3CCCCC3)CC[C@]3(C)[C@H](CC[C@@H]4[C@]5(C)CC[C@@H](CC(=O)[O-])C(C)(C)[C@H]5CC[C@]43C)[C@@H]12. The molecular weight excluding hydrogens is 506 g/mol. The van der Waals surface area contributed by atoms with Crippen molar-refractivity contribution in [2.75, 3.05) is 13.1 Å². The van der Waals surface area contributed by atoms with E-state index in [2.05, 4.69) is 53.0 Å². The highest BCUT2D eigenvalue weighted by Crippen LogP contribution is 2.78. The molecule has 1 saturated heterocycles. The molecule has 6 aliphatic rings. The maximum absolute atomic E-state index is 14.5. The third kappa shape index (κ3) is 4.03. The number of carbonyl (C=O) groups excluding carboxylic acids is 2. The molecule has 6 rings (SSSR count). The first-order valence-electron chi connectivity index (χ1n) is 17.4. The van der Waals surface area contributed by atoms with Gasteiger partial charge in [-0.3, -0.25) is 4.79 Å². The highest BCUT2D eigenvalue weighted by atomic mass is 16.4. The topological polar surface area (TPSA) is 60.4 Å². The molecule has 5 aliphatic carbocycles. The zero-order valence-corrected chi connectivity index (χ0v) is 27.2. The van der Waals surface area contributed by atoms with Gasteiger partial charge in [-0.1, -0.05) is 46.8 Å². The maximum Gasteiger partial charge on any atom is 0.229 e. The molecule has 230 valence electrons. The molecule has 0 aromatic heterocycles. The molecule has 5 saturated carbocycles. The fraction of sp³-hybridized carbons (Fsp3) is 0.892. The number of fused-ring (bicyclic) bond motifs is 7. The average molecular weight is 565 g/mol. The number of hydrogen-bond donors (Lipinski definition) is 0. The Bertz CT molecular complexity index is 1090. The number of piperidine rings is 1. The van der Waals surface area contributed by atoms with Gasteiger partial charge in [-0.25, -0.2) is 0 Å². The van der Waals surface area contributed by atoms with Crippen LogP contribution < -0.4 is 5.11 Å². The minimum absolute atomic E-state index is 0.0191. The van der Waals surface area contributed by atoms with Gasteiger partial charge in [0.2, 0.25) is 5.91 Å². The minimum atomic E-state index is -0.881. The van der Waals surface area contributed by atoms with Crippen LogP contribution in [-0.2, 0) is 9.59 Å². The van der Waals surface area contributed by atoms with E-state index in [0.717, 1.165) is 58.0 Å². The van der Waals surface area contributed by atoms with Crippen LogP contribution in [0.25, 0.3) is 0 Å². The van der Waals surface area contributed by atoms with Crippen LogP contribution in [0.1, 0.15) is 131 Å². The third-order valence-corrected chi connectivity index (χ3v) is 15.8. The largest absolute Gasteiger partial charge is 0.550 e. The smallest absolute Gasteiger partial charge is 0.229 e. The van der Waals surface area contributed by atoms with Crippen molar-refractivity contribution >= 4 is 11.9 Å². The first-order valence-corrected chi connectivity index (χ1v) is 17.4. The Labute approximate surface area is 250 Å². The summed E-state index contributed by atoms with van der Waals surface area (Å²) in [6.07, 6.45) is 15.3. The highest BCUT2D eigenvalue weighted by Gasteiger charge is 2.72. The molecule has 1 heterocycles. The van der Waals surface area contributed by atoms with E-state index in [1.54, 1.807) is 0 Å². The van der Waals surface area contributed by atoms with Gasteiger partial charge in [0.05, 0.1) is 5.41 Å². The Morgan fingerprint density at radius 2 is 1.51 bits per heavy atom. The third-order valence-electron chi connectivity index (χ3n) is 15.8. The van der Waals surface area contributed by atoms with Gasteiger partial charge in [-0.15, -0.1) is 0 Å². The van der Waals surface area contributed by atoms with Crippen molar-refractivity contribution in [1.29, 1.82) is 0 Å². The van der Waals surface area contributed by atoms with Crippen molar-refractivity contribution in [3.05, 3.63) is 12.2 Å². The molecule has 0 spiro atoms. The number of amides is 1. The van der Waals surface area contributed by atoms with Crippen LogP contribution in [0.5, 0.6) is 0 Å². The number of carboxylic acid groups (broad SMARTS) is 1. The Morgan fingerprint density at radius 3 is 2.17 bits per heavy atom. The fourth-order valence-corrected chi connectivity index (χ4v) is 13.6. The van der Waals surface area contributed by atoms with Gasteiger partial charge in [-0.2, -0.15) is 0 Å². The molecule has 0 aromatic rings. The van der Waals surface area contributed by atoms with Crippen molar-refractivity contribution in [3.63, 3.8) is 0 Å². The molecule has 4 nitrogen and oxygen atoms in total. The van der Waals surface area contributed by atoms with E-state index in [1.807, 2.05) is 0 Å². The van der Waals surface area contributed by atoms with Crippen LogP contribution >= 0.6 is 0 Å². The summed E-state index contributed by atoms with van der Waals surface area (Å²) in [6.45, 7) is 21.3. The Kier molecular flexibility index (Phi) is 7.14. The van der Waals surface area contributed by atoms with Crippen molar-refractivity contribution < 1.29 is 14.7 Å². The maximum atomic E-state index is 14.5. The van der Waals surface area contributed by atoms with E-state index in [0.29, 0.717) is 35.5 Å². The molecule has 10 atom stereocenters. The van der Waals surface area contributed by atoms with Gasteiger partial charge in [0.1, 0.15) is 0 Å². The zero-order chi connectivity index (χ0) is 29.6. The lowest BCUT2D eigenvalue weighted by Gasteiger charge is -2.73. The van der Waals surface area contributed by atoms with E-state index < -0.39 is 5.97 Å². The summed E-state index contributed by atoms with van der Waals surface area (Å²) in [5.41, 5.74) is 1.87. The summed E-state index contributed by atoms with van der Waals surface area (Å²) in [5.74, 6) is 2.55. The number of likely N-dealkylation sites (tertiary alicyclic amines) is 1. The number of carbonyl (C=O) groups is 2. The van der Waals surface area contributed by atoms with Crippen molar-refractivity contribution in [2.45, 2.75) is 131 Å². The lowest BCUT2D eigenvalue weighted by molar-refractivity contribution is -0.309. The molecule has 4 heteroatoms. The standard InChI is InChI=1S/C37H59NO3/c1-24(2)26-14-18-37(32(41)38-21-9-8-10-22-38)20-19-35(6)27(31(26)37)11-12-29-34(5)16-13-25(23-30(39)40)33(3,4)28(34)15-17-36(29,35)7/h25-29,31H,1,8-23H2,2-7H3,(H,39,40)/p-1/t25-,26-,27+,28+,29+,31+,34+,35+,36+,37-/m0/s1. The summed E-state index contributed by atoms with van der Waals surface area (Å²) in [6, 6.07) is 0. The summed E-state index contributed by atoms with van der Waals surface area (Å²) in [5, 5.41) is 11.7. The first-order chi connectivity index (χ1) is 19.2. The van der Waals surface area contributed by atoms with Gasteiger partial charge in [0, 0.05) is 19.1 Å². The Balaban J connectivity index is 1.35. The van der Waals surface area contributed by atoms with Crippen molar-refractivity contribution in [2.24, 2.45) is 62.6 Å². The molecule has 0 N–H and O–H groups in total. The highest BCUT2D eigenvalue weighted by molar-refractivity contribution is 5.84. The zero-order valence-electron chi connectivity index (χ0n) is 27.2. The molecule has 1 aliphatic heterocycles. The van der Waals surface area contributed by atoms with Crippen LogP contribution in [0, 0.1) is 62.6 Å². The van der Waals surface area contributed by atoms with Gasteiger partial charge in [0.15, 0.2) is 0 Å². The molecule has 1 amide bonds. The van der Waals surface area contributed by atoms with Crippen LogP contribution in [0.4, 0.5) is 0 Å². The van der Waals surface area contributed by atoms with E-state index in [-0.39, 0.29) is 39.4 Å². The summed E-state index contributed by atoms with van der Waals surface area (Å²) < 4.78 is 0. The lowest BCUT2D eigenvalue weighted by Crippen LogP contribution is -2.67. The molecule has 41 heavy (non-hydrogen) atoms. The van der Waals surface area contributed by atoms with Gasteiger partial charge < -0.3 is 14.8 Å². The number of aliphatic carboxylic acids is 1. The monoisotopic (exact) mass is 564 g/mol. The summed E-state index contributed by atoms with van der Waals surface area (Å²) >= 11 is 0. The molecule has 0 radical (unpaired) electrons. The van der Waals surface area contributed by atoms with Crippen LogP contribution in [0.2, 0.25) is 0 Å². The molecule has 6 fully saturated rings. The van der Waals surface area contributed by atoms with E-state index in [1.165, 1.54) is 44.1 Å². The van der Waals surface area contributed by atoms with Crippen LogP contribution in [-0.4, -0.2) is 29.9 Å². The number of allylic oxidation sites excluding steroid dienone is 1. The van der Waals surface area contributed by atoms with Crippen LogP contribution in [0.3, 0.4) is 0 Å². The number of rotatable bonds is 4. The second kappa shape index (κ2) is 9.85. The predicted molar refractivity (Wildman–Crippen MR) is 163 cm³/mol. The van der Waals surface area contributed by atoms with Gasteiger partial charge in [0.25, 0.3) is 0 Å². The van der Waals surface area contributed by atoms with Gasteiger partial charge in [-0.05, 0) is 154 Å². The number of nitrogens with zero attached hydrogens (tertiary/aromatic N) is 1. The van der Waals surface area contributed by atoms with Gasteiger partial charge >= 0.3 is 0 Å². The van der Waals surface area contributed by atoms with E-state index in [4.69, 9.17) is 0 Å². The first kappa shape index (κ1) is 29.7. The van der Waals surface area contributed by atoms with E-state index >= 15 is 0 Å². The average Bonchev–Trinajstić information content (AvgIpc) is 3.32. The lowest BCUT2D eigenvalue weighted by atomic mass is 9.31. The normalized spacial score (nSPS) is 48.8. The fourth-order valence-electron chi connectivity index (χ4n) is 13.6. The quantitative estimate of drug-likeness (QED) is 0.334. The molecule has 0 bridgehead atoms. The summed E-state index contributed by atoms with van der Waals surface area (Å²) in [7, 11) is 0.